The van der Waals surface area contributed by atoms with Gasteiger partial charge in [-0.25, -0.2) is 0 Å². The maximum atomic E-state index is 12.2. The minimum absolute atomic E-state index is 0.0267. The molecule has 0 unspecified atom stereocenters. The Labute approximate surface area is 115 Å². The second-order valence-electron chi connectivity index (χ2n) is 4.34. The molecule has 2 rings (SSSR count). The van der Waals surface area contributed by atoms with Crippen LogP contribution in [0.5, 0.6) is 0 Å². The SMILES string of the molecule is C=CCN1CCCN(C(=O)c2ccc(Br)o2)CC1. The van der Waals surface area contributed by atoms with Crippen molar-refractivity contribution in [3.05, 3.63) is 35.2 Å². The van der Waals surface area contributed by atoms with E-state index in [0.29, 0.717) is 10.4 Å². The number of hydrogen-bond donors (Lipinski definition) is 0. The van der Waals surface area contributed by atoms with Crippen molar-refractivity contribution in [3.8, 4) is 0 Å². The van der Waals surface area contributed by atoms with Crippen LogP contribution in [-0.4, -0.2) is 48.4 Å². The number of amides is 1. The lowest BCUT2D eigenvalue weighted by molar-refractivity contribution is 0.0729. The van der Waals surface area contributed by atoms with Crippen LogP contribution < -0.4 is 0 Å². The molecule has 0 saturated carbocycles. The Kier molecular flexibility index (Phi) is 4.60. The summed E-state index contributed by atoms with van der Waals surface area (Å²) in [6, 6.07) is 3.45. The summed E-state index contributed by atoms with van der Waals surface area (Å²) in [5.74, 6) is 0.375. The first-order valence-electron chi connectivity index (χ1n) is 6.08. The lowest BCUT2D eigenvalue weighted by Crippen LogP contribution is -2.35. The molecule has 1 amide bonds. The van der Waals surface area contributed by atoms with Gasteiger partial charge in [-0.15, -0.1) is 6.58 Å². The second-order valence-corrected chi connectivity index (χ2v) is 5.12. The lowest BCUT2D eigenvalue weighted by atomic mass is 10.3. The number of nitrogens with zero attached hydrogens (tertiary/aromatic N) is 2. The molecule has 1 saturated heterocycles. The van der Waals surface area contributed by atoms with Gasteiger partial charge in [0, 0.05) is 32.7 Å². The number of rotatable bonds is 3. The van der Waals surface area contributed by atoms with Crippen LogP contribution in [-0.2, 0) is 0 Å². The molecule has 1 aromatic heterocycles. The molecule has 18 heavy (non-hydrogen) atoms. The minimum Gasteiger partial charge on any atom is -0.444 e. The van der Waals surface area contributed by atoms with Crippen LogP contribution in [0.2, 0.25) is 0 Å². The third-order valence-corrected chi connectivity index (χ3v) is 3.47. The molecule has 1 aliphatic rings. The topological polar surface area (TPSA) is 36.7 Å². The van der Waals surface area contributed by atoms with E-state index < -0.39 is 0 Å². The molecule has 1 aliphatic heterocycles. The summed E-state index contributed by atoms with van der Waals surface area (Å²) >= 11 is 3.21. The van der Waals surface area contributed by atoms with Crippen LogP contribution in [0, 0.1) is 0 Å². The maximum absolute atomic E-state index is 12.2. The smallest absolute Gasteiger partial charge is 0.289 e. The molecule has 0 N–H and O–H groups in total. The third kappa shape index (κ3) is 3.23. The van der Waals surface area contributed by atoms with E-state index in [4.69, 9.17) is 4.42 Å². The Morgan fingerprint density at radius 3 is 2.89 bits per heavy atom. The highest BCUT2D eigenvalue weighted by molar-refractivity contribution is 9.10. The summed E-state index contributed by atoms with van der Waals surface area (Å²) < 4.78 is 5.90. The first kappa shape index (κ1) is 13.4. The molecule has 0 aliphatic carbocycles. The van der Waals surface area contributed by atoms with Gasteiger partial charge in [0.05, 0.1) is 0 Å². The molecule has 2 heterocycles. The van der Waals surface area contributed by atoms with E-state index in [1.54, 1.807) is 12.1 Å². The van der Waals surface area contributed by atoms with Crippen LogP contribution >= 0.6 is 15.9 Å². The fourth-order valence-corrected chi connectivity index (χ4v) is 2.43. The Bertz CT molecular complexity index is 430. The average molecular weight is 313 g/mol. The summed E-state index contributed by atoms with van der Waals surface area (Å²) in [5.41, 5.74) is 0. The van der Waals surface area contributed by atoms with E-state index in [9.17, 15) is 4.79 Å². The predicted octanol–water partition coefficient (Wildman–Crippen LogP) is 2.38. The van der Waals surface area contributed by atoms with Gasteiger partial charge in [0.25, 0.3) is 5.91 Å². The van der Waals surface area contributed by atoms with Crippen molar-refractivity contribution in [1.29, 1.82) is 0 Å². The van der Waals surface area contributed by atoms with E-state index >= 15 is 0 Å². The predicted molar refractivity (Wildman–Crippen MR) is 73.6 cm³/mol. The van der Waals surface area contributed by atoms with Crippen molar-refractivity contribution >= 4 is 21.8 Å². The number of hydrogen-bond acceptors (Lipinski definition) is 3. The normalized spacial score (nSPS) is 17.5. The molecule has 0 radical (unpaired) electrons. The highest BCUT2D eigenvalue weighted by Crippen LogP contribution is 2.16. The van der Waals surface area contributed by atoms with Crippen molar-refractivity contribution in [1.82, 2.24) is 9.80 Å². The Hall–Kier alpha value is -1.07. The molecule has 4 nitrogen and oxygen atoms in total. The van der Waals surface area contributed by atoms with E-state index in [1.165, 1.54) is 0 Å². The zero-order valence-corrected chi connectivity index (χ0v) is 11.9. The molecule has 0 spiro atoms. The Morgan fingerprint density at radius 1 is 1.39 bits per heavy atom. The van der Waals surface area contributed by atoms with E-state index in [1.807, 2.05) is 11.0 Å². The average Bonchev–Trinajstić information content (AvgIpc) is 2.65. The van der Waals surface area contributed by atoms with Crippen molar-refractivity contribution in [2.45, 2.75) is 6.42 Å². The quantitative estimate of drug-likeness (QED) is 0.804. The third-order valence-electron chi connectivity index (χ3n) is 3.05. The molecule has 0 atom stereocenters. The van der Waals surface area contributed by atoms with E-state index in [0.717, 1.165) is 39.1 Å². The van der Waals surface area contributed by atoms with Gasteiger partial charge >= 0.3 is 0 Å². The van der Waals surface area contributed by atoms with E-state index in [2.05, 4.69) is 27.4 Å². The largest absolute Gasteiger partial charge is 0.444 e. The number of furan rings is 1. The zero-order valence-electron chi connectivity index (χ0n) is 10.3. The molecule has 0 aromatic carbocycles. The Balaban J connectivity index is 1.97. The van der Waals surface area contributed by atoms with Crippen LogP contribution in [0.3, 0.4) is 0 Å². The van der Waals surface area contributed by atoms with Gasteiger partial charge in [0.1, 0.15) is 0 Å². The highest BCUT2D eigenvalue weighted by Gasteiger charge is 2.21. The first-order valence-corrected chi connectivity index (χ1v) is 6.88. The van der Waals surface area contributed by atoms with Gasteiger partial charge in [-0.3, -0.25) is 9.69 Å². The fourth-order valence-electron chi connectivity index (χ4n) is 2.12. The first-order chi connectivity index (χ1) is 8.70. The van der Waals surface area contributed by atoms with Gasteiger partial charge in [-0.2, -0.15) is 0 Å². The minimum atomic E-state index is -0.0267. The number of carbonyl (C=O) groups excluding carboxylic acids is 1. The summed E-state index contributed by atoms with van der Waals surface area (Å²) in [7, 11) is 0. The lowest BCUT2D eigenvalue weighted by Gasteiger charge is -2.20. The summed E-state index contributed by atoms with van der Waals surface area (Å²) in [5, 5.41) is 0. The monoisotopic (exact) mass is 312 g/mol. The van der Waals surface area contributed by atoms with Crippen LogP contribution in [0.15, 0.2) is 33.9 Å². The van der Waals surface area contributed by atoms with Crippen LogP contribution in [0.4, 0.5) is 0 Å². The van der Waals surface area contributed by atoms with Crippen molar-refractivity contribution in [2.24, 2.45) is 0 Å². The second kappa shape index (κ2) is 6.20. The molecular formula is C13H17BrN2O2. The number of halogens is 1. The highest BCUT2D eigenvalue weighted by atomic mass is 79.9. The van der Waals surface area contributed by atoms with Gasteiger partial charge in [-0.05, 0) is 34.5 Å². The van der Waals surface area contributed by atoms with Gasteiger partial charge in [0.2, 0.25) is 0 Å². The molecule has 5 heteroatoms. The van der Waals surface area contributed by atoms with E-state index in [-0.39, 0.29) is 5.91 Å². The van der Waals surface area contributed by atoms with Crippen molar-refractivity contribution in [2.75, 3.05) is 32.7 Å². The summed E-state index contributed by atoms with van der Waals surface area (Å²) in [6.45, 7) is 8.05. The van der Waals surface area contributed by atoms with Crippen molar-refractivity contribution in [3.63, 3.8) is 0 Å². The van der Waals surface area contributed by atoms with Crippen LogP contribution in [0.25, 0.3) is 0 Å². The van der Waals surface area contributed by atoms with Gasteiger partial charge < -0.3 is 9.32 Å². The number of carbonyl (C=O) groups is 1. The zero-order chi connectivity index (χ0) is 13.0. The molecule has 98 valence electrons. The fraction of sp³-hybridized carbons (Fsp3) is 0.462. The summed E-state index contributed by atoms with van der Waals surface area (Å²) in [6.07, 6.45) is 2.89. The standard InChI is InChI=1S/C13H17BrN2O2/c1-2-6-15-7-3-8-16(10-9-15)13(17)11-4-5-12(14)18-11/h2,4-5H,1,3,6-10H2. The van der Waals surface area contributed by atoms with Gasteiger partial charge in [-0.1, -0.05) is 6.08 Å². The molecule has 1 aromatic rings. The Morgan fingerprint density at radius 2 is 2.22 bits per heavy atom. The molecule has 1 fully saturated rings. The van der Waals surface area contributed by atoms with Gasteiger partial charge in [0.15, 0.2) is 10.4 Å². The summed E-state index contributed by atoms with van der Waals surface area (Å²) in [4.78, 5) is 16.4. The van der Waals surface area contributed by atoms with Crippen LogP contribution in [0.1, 0.15) is 17.0 Å². The maximum Gasteiger partial charge on any atom is 0.289 e. The van der Waals surface area contributed by atoms with Crippen molar-refractivity contribution < 1.29 is 9.21 Å². The molecule has 0 bridgehead atoms. The molecular weight excluding hydrogens is 296 g/mol.